The van der Waals surface area contributed by atoms with E-state index in [2.05, 4.69) is 86.8 Å². The standard InChI is InChI=1S/C49H86O4/c1-3-5-7-9-11-13-15-17-19-21-23-25-26-28-30-32-34-36-38-40-42-44-49(51)53-48(46-50)47-52-45-43-41-39-37-35-33-31-29-27-24-22-20-18-16-14-12-10-8-6-4-2/h6,8,12,14,18,20-21,23-24,27,31,33,48,50H,3-5,7,9-11,13,15-17,19,22,25-26,28-30,32,34-47H2,1-2H3/b8-6-,14-12-,20-18-,23-21-,27-24-,33-31-. The maximum absolute atomic E-state index is 12.2. The van der Waals surface area contributed by atoms with Crippen LogP contribution in [0.2, 0.25) is 0 Å². The minimum atomic E-state index is -0.553. The van der Waals surface area contributed by atoms with Crippen LogP contribution >= 0.6 is 0 Å². The van der Waals surface area contributed by atoms with Gasteiger partial charge < -0.3 is 14.6 Å². The topological polar surface area (TPSA) is 55.8 Å². The maximum Gasteiger partial charge on any atom is 0.306 e. The van der Waals surface area contributed by atoms with Gasteiger partial charge in [-0.25, -0.2) is 0 Å². The van der Waals surface area contributed by atoms with Crippen molar-refractivity contribution in [3.05, 3.63) is 72.9 Å². The largest absolute Gasteiger partial charge is 0.457 e. The summed E-state index contributed by atoms with van der Waals surface area (Å²) in [6, 6.07) is 0. The van der Waals surface area contributed by atoms with Gasteiger partial charge in [0.2, 0.25) is 0 Å². The summed E-state index contributed by atoms with van der Waals surface area (Å²) in [6.07, 6.45) is 62.5. The number of hydrogen-bond donors (Lipinski definition) is 1. The van der Waals surface area contributed by atoms with E-state index in [0.29, 0.717) is 13.0 Å². The molecule has 0 aliphatic rings. The van der Waals surface area contributed by atoms with Gasteiger partial charge in [0.05, 0.1) is 13.2 Å². The van der Waals surface area contributed by atoms with Gasteiger partial charge >= 0.3 is 5.97 Å². The first-order valence-electron chi connectivity index (χ1n) is 22.5. The molecule has 0 amide bonds. The predicted molar refractivity (Wildman–Crippen MR) is 232 cm³/mol. The molecular weight excluding hydrogens is 653 g/mol. The molecule has 1 unspecified atom stereocenters. The van der Waals surface area contributed by atoms with Crippen molar-refractivity contribution in [1.29, 1.82) is 0 Å². The van der Waals surface area contributed by atoms with E-state index in [-0.39, 0.29) is 19.2 Å². The minimum Gasteiger partial charge on any atom is -0.457 e. The predicted octanol–water partition coefficient (Wildman–Crippen LogP) is 15.0. The lowest BCUT2D eigenvalue weighted by molar-refractivity contribution is -0.154. The highest BCUT2D eigenvalue weighted by Crippen LogP contribution is 2.14. The number of hydrogen-bond acceptors (Lipinski definition) is 4. The summed E-state index contributed by atoms with van der Waals surface area (Å²) in [7, 11) is 0. The lowest BCUT2D eigenvalue weighted by atomic mass is 10.1. The zero-order valence-electron chi connectivity index (χ0n) is 35.0. The van der Waals surface area contributed by atoms with E-state index in [1.807, 2.05) is 0 Å². The zero-order chi connectivity index (χ0) is 38.4. The first-order chi connectivity index (χ1) is 26.2. The number of unbranched alkanes of at least 4 members (excludes halogenated alkanes) is 21. The first-order valence-corrected chi connectivity index (χ1v) is 22.5. The second-order valence-corrected chi connectivity index (χ2v) is 14.7. The van der Waals surface area contributed by atoms with Gasteiger partial charge in [-0.2, -0.15) is 0 Å². The summed E-state index contributed by atoms with van der Waals surface area (Å²) in [5, 5.41) is 9.62. The molecule has 0 aromatic carbocycles. The van der Waals surface area contributed by atoms with Crippen molar-refractivity contribution >= 4 is 5.97 Å². The second-order valence-electron chi connectivity index (χ2n) is 14.7. The molecule has 0 fully saturated rings. The van der Waals surface area contributed by atoms with E-state index in [0.717, 1.165) is 64.2 Å². The van der Waals surface area contributed by atoms with E-state index in [9.17, 15) is 9.90 Å². The summed E-state index contributed by atoms with van der Waals surface area (Å²) in [6.45, 7) is 5.18. The molecule has 0 radical (unpaired) electrons. The molecule has 0 bridgehead atoms. The monoisotopic (exact) mass is 739 g/mol. The molecule has 1 atom stereocenters. The van der Waals surface area contributed by atoms with Crippen LogP contribution < -0.4 is 0 Å². The van der Waals surface area contributed by atoms with Crippen molar-refractivity contribution < 1.29 is 19.4 Å². The number of carbonyl (C=O) groups excluding carboxylic acids is 1. The number of carbonyl (C=O) groups is 1. The smallest absolute Gasteiger partial charge is 0.306 e. The van der Waals surface area contributed by atoms with Crippen LogP contribution in [0.3, 0.4) is 0 Å². The van der Waals surface area contributed by atoms with Gasteiger partial charge in [-0.05, 0) is 83.5 Å². The average molecular weight is 739 g/mol. The molecule has 4 heteroatoms. The third kappa shape index (κ3) is 44.1. The van der Waals surface area contributed by atoms with E-state index < -0.39 is 6.10 Å². The van der Waals surface area contributed by atoms with Crippen LogP contribution in [0, 0.1) is 0 Å². The van der Waals surface area contributed by atoms with Crippen LogP contribution in [0.4, 0.5) is 0 Å². The van der Waals surface area contributed by atoms with Gasteiger partial charge in [0.25, 0.3) is 0 Å². The molecule has 0 aliphatic carbocycles. The molecule has 0 aromatic rings. The first kappa shape index (κ1) is 50.8. The number of ether oxygens (including phenoxy) is 2. The molecule has 53 heavy (non-hydrogen) atoms. The highest BCUT2D eigenvalue weighted by Gasteiger charge is 2.13. The van der Waals surface area contributed by atoms with Crippen molar-refractivity contribution in [2.24, 2.45) is 0 Å². The molecule has 306 valence electrons. The van der Waals surface area contributed by atoms with E-state index in [1.54, 1.807) is 0 Å². The molecule has 0 spiro atoms. The second kappa shape index (κ2) is 46.0. The summed E-state index contributed by atoms with van der Waals surface area (Å²) in [4.78, 5) is 12.2. The number of esters is 1. The van der Waals surface area contributed by atoms with Crippen LogP contribution in [0.15, 0.2) is 72.9 Å². The molecule has 0 heterocycles. The Morgan fingerprint density at radius 1 is 0.472 bits per heavy atom. The molecule has 0 rings (SSSR count). The van der Waals surface area contributed by atoms with Crippen LogP contribution in [0.1, 0.15) is 206 Å². The Hall–Kier alpha value is -2.17. The van der Waals surface area contributed by atoms with Crippen molar-refractivity contribution in [2.75, 3.05) is 19.8 Å². The van der Waals surface area contributed by atoms with Crippen molar-refractivity contribution in [1.82, 2.24) is 0 Å². The number of rotatable bonds is 41. The van der Waals surface area contributed by atoms with E-state index in [1.165, 1.54) is 122 Å². The fourth-order valence-corrected chi connectivity index (χ4v) is 6.17. The van der Waals surface area contributed by atoms with E-state index >= 15 is 0 Å². The number of allylic oxidation sites excluding steroid dienone is 12. The molecule has 0 aliphatic heterocycles. The Balaban J connectivity index is 3.50. The van der Waals surface area contributed by atoms with Crippen LogP contribution in [0.25, 0.3) is 0 Å². The van der Waals surface area contributed by atoms with Crippen molar-refractivity contribution in [3.63, 3.8) is 0 Å². The third-order valence-electron chi connectivity index (χ3n) is 9.52. The summed E-state index contributed by atoms with van der Waals surface area (Å²) in [5.74, 6) is -0.213. The van der Waals surface area contributed by atoms with Gasteiger partial charge in [-0.15, -0.1) is 0 Å². The maximum atomic E-state index is 12.2. The SMILES string of the molecule is CC/C=C\C/C=C\C/C=C\C/C=C\C/C=C\CCCCCCOCC(CO)OC(=O)CCCCCCCCCCC/C=C\CCCCCCCCCC. The molecule has 0 saturated heterocycles. The van der Waals surface area contributed by atoms with Crippen molar-refractivity contribution in [3.8, 4) is 0 Å². The molecular formula is C49H86O4. The van der Waals surface area contributed by atoms with Gasteiger partial charge in [0.1, 0.15) is 6.10 Å². The normalized spacial score (nSPS) is 13.0. The molecule has 0 aromatic heterocycles. The fourth-order valence-electron chi connectivity index (χ4n) is 6.17. The minimum absolute atomic E-state index is 0.186. The summed E-state index contributed by atoms with van der Waals surface area (Å²) >= 11 is 0. The van der Waals surface area contributed by atoms with Gasteiger partial charge in [-0.1, -0.05) is 189 Å². The highest BCUT2D eigenvalue weighted by atomic mass is 16.6. The van der Waals surface area contributed by atoms with Crippen LogP contribution in [-0.4, -0.2) is 37.0 Å². The molecule has 4 nitrogen and oxygen atoms in total. The third-order valence-corrected chi connectivity index (χ3v) is 9.52. The van der Waals surface area contributed by atoms with Gasteiger partial charge in [0, 0.05) is 13.0 Å². The van der Waals surface area contributed by atoms with E-state index in [4.69, 9.17) is 9.47 Å². The lowest BCUT2D eigenvalue weighted by Crippen LogP contribution is -2.27. The van der Waals surface area contributed by atoms with Crippen molar-refractivity contribution in [2.45, 2.75) is 213 Å². The van der Waals surface area contributed by atoms with Gasteiger partial charge in [0.15, 0.2) is 0 Å². The highest BCUT2D eigenvalue weighted by molar-refractivity contribution is 5.69. The average Bonchev–Trinajstić information content (AvgIpc) is 3.16. The fraction of sp³-hybridized carbons (Fsp3) is 0.735. The quantitative estimate of drug-likeness (QED) is 0.0385. The summed E-state index contributed by atoms with van der Waals surface area (Å²) < 4.78 is 11.2. The molecule has 1 N–H and O–H groups in total. The lowest BCUT2D eigenvalue weighted by Gasteiger charge is -2.15. The summed E-state index contributed by atoms with van der Waals surface area (Å²) in [5.41, 5.74) is 0. The Bertz CT molecular complexity index is 911. The number of aliphatic hydroxyl groups is 1. The number of aliphatic hydroxyl groups excluding tert-OH is 1. The molecule has 0 saturated carbocycles. The van der Waals surface area contributed by atoms with Gasteiger partial charge in [-0.3, -0.25) is 4.79 Å². The van der Waals surface area contributed by atoms with Crippen LogP contribution in [0.5, 0.6) is 0 Å². The Kier molecular flexibility index (Phi) is 44.1. The Labute approximate surface area is 329 Å². The Morgan fingerprint density at radius 3 is 1.30 bits per heavy atom. The zero-order valence-corrected chi connectivity index (χ0v) is 35.0. The Morgan fingerprint density at radius 2 is 0.849 bits per heavy atom. The van der Waals surface area contributed by atoms with Crippen LogP contribution in [-0.2, 0) is 14.3 Å².